The molecule has 3 N–H and O–H groups in total. The van der Waals surface area contributed by atoms with Crippen molar-refractivity contribution in [2.45, 2.75) is 38.8 Å². The predicted molar refractivity (Wildman–Crippen MR) is 134 cm³/mol. The number of piperidine rings is 1. The summed E-state index contributed by atoms with van der Waals surface area (Å²) in [5.74, 6) is 1.25. The van der Waals surface area contributed by atoms with Crippen molar-refractivity contribution in [2.24, 2.45) is 11.1 Å². The molecular formula is C24H27ClN8O2. The van der Waals surface area contributed by atoms with Crippen LogP contribution in [0.5, 0.6) is 5.88 Å². The van der Waals surface area contributed by atoms with Gasteiger partial charge in [0.15, 0.2) is 5.82 Å². The zero-order chi connectivity index (χ0) is 24.3. The number of anilines is 1. The first-order valence-corrected chi connectivity index (χ1v) is 12.1. The van der Waals surface area contributed by atoms with Gasteiger partial charge in [0.05, 0.1) is 47.9 Å². The molecule has 5 heterocycles. The van der Waals surface area contributed by atoms with Gasteiger partial charge in [-0.1, -0.05) is 11.6 Å². The van der Waals surface area contributed by atoms with Gasteiger partial charge in [-0.15, -0.1) is 0 Å². The van der Waals surface area contributed by atoms with E-state index in [0.717, 1.165) is 49.6 Å². The predicted octanol–water partition coefficient (Wildman–Crippen LogP) is 3.27. The molecular weight excluding hydrogens is 468 g/mol. The number of H-pyrrole nitrogens is 1. The van der Waals surface area contributed by atoms with Crippen molar-refractivity contribution in [1.82, 2.24) is 30.1 Å². The van der Waals surface area contributed by atoms with Crippen molar-refractivity contribution in [1.29, 1.82) is 0 Å². The standard InChI is InChI=1S/C24H27ClN8O2/c1-12-23(33-8-6-24(7-9-33)11-35-13(2)21(24)26)30-22-20(28-12)18(31-32-22)14-4-5-15-19(17(14)25)29-16(34-3)10-27-15/h4-5,10,13,21H,6-9,11,26H2,1-3H3,(H,30,31,32)/t13-,21+/m0/s1. The molecule has 0 amide bonds. The van der Waals surface area contributed by atoms with Gasteiger partial charge in [0.1, 0.15) is 11.0 Å². The number of aromatic nitrogens is 6. The Kier molecular flexibility index (Phi) is 5.28. The lowest BCUT2D eigenvalue weighted by molar-refractivity contribution is 0.0974. The van der Waals surface area contributed by atoms with E-state index in [-0.39, 0.29) is 17.6 Å². The average Bonchev–Trinajstić information content (AvgIpc) is 3.40. The fraction of sp³-hybridized carbons (Fsp3) is 0.458. The summed E-state index contributed by atoms with van der Waals surface area (Å²) in [6.07, 6.45) is 3.62. The summed E-state index contributed by atoms with van der Waals surface area (Å²) >= 11 is 6.75. The number of hydrogen-bond donors (Lipinski definition) is 2. The van der Waals surface area contributed by atoms with E-state index in [1.54, 1.807) is 13.3 Å². The SMILES string of the molecule is COc1cnc2ccc(-c3[nH]nc4nc(N5CCC6(CC5)CO[C@@H](C)[C@H]6N)c(C)nc34)c(Cl)c2n1. The molecule has 6 rings (SSSR count). The summed E-state index contributed by atoms with van der Waals surface area (Å²) in [5, 5.41) is 7.99. The van der Waals surface area contributed by atoms with E-state index in [1.807, 2.05) is 19.1 Å². The van der Waals surface area contributed by atoms with Gasteiger partial charge in [-0.3, -0.25) is 5.10 Å². The fourth-order valence-electron chi connectivity index (χ4n) is 5.35. The molecule has 3 aromatic heterocycles. The van der Waals surface area contributed by atoms with E-state index in [0.29, 0.717) is 38.8 Å². The highest BCUT2D eigenvalue weighted by atomic mass is 35.5. The summed E-state index contributed by atoms with van der Waals surface area (Å²) in [6.45, 7) is 6.50. The molecule has 35 heavy (non-hydrogen) atoms. The van der Waals surface area contributed by atoms with E-state index < -0.39 is 0 Å². The van der Waals surface area contributed by atoms with Crippen LogP contribution in [0.1, 0.15) is 25.5 Å². The Morgan fingerprint density at radius 3 is 2.71 bits per heavy atom. The number of hydrogen-bond acceptors (Lipinski definition) is 9. The largest absolute Gasteiger partial charge is 0.480 e. The third-order valence-electron chi connectivity index (χ3n) is 7.55. The maximum absolute atomic E-state index is 6.75. The van der Waals surface area contributed by atoms with Gasteiger partial charge in [0.25, 0.3) is 0 Å². The Balaban J connectivity index is 1.33. The second-order valence-corrected chi connectivity index (χ2v) is 9.88. The lowest BCUT2D eigenvalue weighted by atomic mass is 9.73. The number of nitrogens with two attached hydrogens (primary N) is 1. The van der Waals surface area contributed by atoms with Crippen molar-refractivity contribution < 1.29 is 9.47 Å². The minimum absolute atomic E-state index is 0.0548. The molecule has 182 valence electrons. The molecule has 4 aromatic rings. The number of nitrogens with zero attached hydrogens (tertiary/aromatic N) is 6. The van der Waals surface area contributed by atoms with Crippen LogP contribution in [0.15, 0.2) is 18.3 Å². The van der Waals surface area contributed by atoms with Crippen LogP contribution < -0.4 is 15.4 Å². The lowest BCUT2D eigenvalue weighted by Gasteiger charge is -2.41. The van der Waals surface area contributed by atoms with Gasteiger partial charge in [-0.2, -0.15) is 5.10 Å². The Bertz CT molecular complexity index is 1430. The molecule has 0 saturated carbocycles. The van der Waals surface area contributed by atoms with Gasteiger partial charge < -0.3 is 20.1 Å². The maximum Gasteiger partial charge on any atom is 0.232 e. The smallest absolute Gasteiger partial charge is 0.232 e. The molecule has 11 heteroatoms. The van der Waals surface area contributed by atoms with E-state index in [9.17, 15) is 0 Å². The number of fused-ring (bicyclic) bond motifs is 2. The first kappa shape index (κ1) is 22.4. The van der Waals surface area contributed by atoms with Crippen molar-refractivity contribution in [3.8, 4) is 17.1 Å². The van der Waals surface area contributed by atoms with Gasteiger partial charge >= 0.3 is 0 Å². The number of ether oxygens (including phenoxy) is 2. The van der Waals surface area contributed by atoms with Crippen molar-refractivity contribution in [3.63, 3.8) is 0 Å². The highest BCUT2D eigenvalue weighted by Gasteiger charge is 2.47. The molecule has 2 aliphatic heterocycles. The molecule has 2 atom stereocenters. The quantitative estimate of drug-likeness (QED) is 0.441. The number of aromatic amines is 1. The van der Waals surface area contributed by atoms with Crippen molar-refractivity contribution in [2.75, 3.05) is 31.7 Å². The summed E-state index contributed by atoms with van der Waals surface area (Å²) in [7, 11) is 1.55. The molecule has 1 spiro atoms. The van der Waals surface area contributed by atoms with Crippen LogP contribution in [0.2, 0.25) is 5.02 Å². The molecule has 2 saturated heterocycles. The second kappa shape index (κ2) is 8.25. The Morgan fingerprint density at radius 1 is 1.20 bits per heavy atom. The normalized spacial score (nSPS) is 21.9. The van der Waals surface area contributed by atoms with E-state index in [2.05, 4.69) is 32.0 Å². The van der Waals surface area contributed by atoms with Crippen LogP contribution in [0, 0.1) is 12.3 Å². The minimum atomic E-state index is 0.0548. The Hall–Kier alpha value is -3.08. The third kappa shape index (κ3) is 3.50. The van der Waals surface area contributed by atoms with Crippen LogP contribution in [0.3, 0.4) is 0 Å². The van der Waals surface area contributed by atoms with E-state index >= 15 is 0 Å². The molecule has 1 aromatic carbocycles. The second-order valence-electron chi connectivity index (χ2n) is 9.50. The summed E-state index contributed by atoms with van der Waals surface area (Å²) < 4.78 is 11.1. The molecule has 2 fully saturated rings. The van der Waals surface area contributed by atoms with E-state index in [1.165, 1.54) is 0 Å². The molecule has 0 bridgehead atoms. The molecule has 10 nitrogen and oxygen atoms in total. The molecule has 2 aliphatic rings. The van der Waals surface area contributed by atoms with Crippen molar-refractivity contribution in [3.05, 3.63) is 29.0 Å². The number of rotatable bonds is 3. The fourth-order valence-corrected chi connectivity index (χ4v) is 5.65. The lowest BCUT2D eigenvalue weighted by Crippen LogP contribution is -2.50. The number of nitrogens with one attached hydrogen (secondary N) is 1. The third-order valence-corrected chi connectivity index (χ3v) is 7.93. The van der Waals surface area contributed by atoms with Crippen LogP contribution in [-0.2, 0) is 4.74 Å². The van der Waals surface area contributed by atoms with Crippen LogP contribution in [-0.4, -0.2) is 69.1 Å². The summed E-state index contributed by atoms with van der Waals surface area (Å²) in [6, 6.07) is 3.83. The van der Waals surface area contributed by atoms with E-state index in [4.69, 9.17) is 36.8 Å². The molecule has 0 unspecified atom stereocenters. The number of benzene rings is 1. The Morgan fingerprint density at radius 2 is 2.00 bits per heavy atom. The first-order chi connectivity index (χ1) is 16.9. The number of halogens is 1. The van der Waals surface area contributed by atoms with Crippen molar-refractivity contribution >= 4 is 39.6 Å². The van der Waals surface area contributed by atoms with Gasteiger partial charge in [-0.25, -0.2) is 19.9 Å². The number of methoxy groups -OCH3 is 1. The summed E-state index contributed by atoms with van der Waals surface area (Å²) in [4.78, 5) is 20.9. The van der Waals surface area contributed by atoms with Crippen LogP contribution in [0.25, 0.3) is 33.5 Å². The highest BCUT2D eigenvalue weighted by molar-refractivity contribution is 6.38. The molecule has 0 radical (unpaired) electrons. The zero-order valence-electron chi connectivity index (χ0n) is 19.9. The zero-order valence-corrected chi connectivity index (χ0v) is 20.6. The highest BCUT2D eigenvalue weighted by Crippen LogP contribution is 2.42. The monoisotopic (exact) mass is 494 g/mol. The van der Waals surface area contributed by atoms with Crippen LogP contribution >= 0.6 is 11.6 Å². The van der Waals surface area contributed by atoms with Gasteiger partial charge in [0, 0.05) is 30.1 Å². The Labute approximate surface area is 207 Å². The topological polar surface area (TPSA) is 128 Å². The maximum atomic E-state index is 6.75. The molecule has 0 aliphatic carbocycles. The summed E-state index contributed by atoms with van der Waals surface area (Å²) in [5.41, 5.74) is 11.2. The minimum Gasteiger partial charge on any atom is -0.480 e. The number of aryl methyl sites for hydroxylation is 1. The van der Waals surface area contributed by atoms with Gasteiger partial charge in [0.2, 0.25) is 11.5 Å². The van der Waals surface area contributed by atoms with Gasteiger partial charge in [-0.05, 0) is 38.8 Å². The van der Waals surface area contributed by atoms with Crippen LogP contribution in [0.4, 0.5) is 5.82 Å². The first-order valence-electron chi connectivity index (χ1n) is 11.7. The average molecular weight is 495 g/mol.